The van der Waals surface area contributed by atoms with Gasteiger partial charge in [-0.1, -0.05) is 24.3 Å². The average Bonchev–Trinajstić information content (AvgIpc) is 3.15. The number of likely N-dealkylation sites (tertiary alicyclic amines) is 1. The van der Waals surface area contributed by atoms with Crippen molar-refractivity contribution in [3.8, 4) is 5.75 Å². The molecule has 1 amide bonds. The van der Waals surface area contributed by atoms with Gasteiger partial charge in [0, 0.05) is 36.8 Å². The molecule has 34 heavy (non-hydrogen) atoms. The number of phenolic OH excluding ortho intramolecular Hbond substituents is 1. The molecule has 2 saturated heterocycles. The highest BCUT2D eigenvalue weighted by Crippen LogP contribution is 2.41. The maximum atomic E-state index is 13.6. The van der Waals surface area contributed by atoms with Gasteiger partial charge in [0.25, 0.3) is 5.91 Å². The molecule has 4 aliphatic rings. The number of carbonyl (C=O) groups excluding carboxylic acids is 1. The van der Waals surface area contributed by atoms with Crippen LogP contribution in [0.1, 0.15) is 60.5 Å². The molecule has 0 spiro atoms. The molecule has 0 radical (unpaired) electrons. The molecule has 1 aliphatic carbocycles. The Labute approximate surface area is 203 Å². The van der Waals surface area contributed by atoms with Gasteiger partial charge in [0.05, 0.1) is 0 Å². The van der Waals surface area contributed by atoms with Crippen LogP contribution in [0.2, 0.25) is 0 Å². The Hall–Kier alpha value is -2.37. The predicted molar refractivity (Wildman–Crippen MR) is 136 cm³/mol. The molecule has 2 fully saturated rings. The summed E-state index contributed by atoms with van der Waals surface area (Å²) in [7, 11) is 0. The highest BCUT2D eigenvalue weighted by molar-refractivity contribution is 5.94. The molecule has 5 heteroatoms. The van der Waals surface area contributed by atoms with E-state index in [0.29, 0.717) is 29.7 Å². The van der Waals surface area contributed by atoms with Gasteiger partial charge < -0.3 is 15.7 Å². The Balaban J connectivity index is 1.48. The number of aromatic hydroxyl groups is 1. The number of benzene rings is 2. The van der Waals surface area contributed by atoms with Gasteiger partial charge in [0.1, 0.15) is 5.75 Å². The fraction of sp³-hybridized carbons (Fsp3) is 0.552. The first kappa shape index (κ1) is 23.4. The molecular weight excluding hydrogens is 422 g/mol. The van der Waals surface area contributed by atoms with Gasteiger partial charge in [-0.15, -0.1) is 0 Å². The molecule has 3 N–H and O–H groups in total. The topological polar surface area (TPSA) is 69.8 Å². The largest absolute Gasteiger partial charge is 0.508 e. The number of fused-ring (bicyclic) bond motifs is 5. The minimum absolute atomic E-state index is 0.139. The summed E-state index contributed by atoms with van der Waals surface area (Å²) in [6, 6.07) is 16.6. The Morgan fingerprint density at radius 1 is 1.09 bits per heavy atom. The molecular formula is C29H39N3O2. The van der Waals surface area contributed by atoms with Crippen molar-refractivity contribution in [2.75, 3.05) is 19.6 Å². The van der Waals surface area contributed by atoms with E-state index < -0.39 is 0 Å². The van der Waals surface area contributed by atoms with Crippen LogP contribution in [0.3, 0.4) is 0 Å². The van der Waals surface area contributed by atoms with E-state index in [4.69, 9.17) is 5.73 Å². The molecule has 5 atom stereocenters. The highest BCUT2D eigenvalue weighted by Gasteiger charge is 2.45. The minimum Gasteiger partial charge on any atom is -0.508 e. The third-order valence-electron chi connectivity index (χ3n) is 8.46. The fourth-order valence-electron chi connectivity index (χ4n) is 6.89. The van der Waals surface area contributed by atoms with E-state index in [1.807, 2.05) is 42.5 Å². The molecule has 3 unspecified atom stereocenters. The van der Waals surface area contributed by atoms with Gasteiger partial charge >= 0.3 is 0 Å². The number of nitrogens with two attached hydrogens (primary N) is 1. The Bertz CT molecular complexity index is 992. The second kappa shape index (κ2) is 10.1. The van der Waals surface area contributed by atoms with Gasteiger partial charge in [-0.3, -0.25) is 9.69 Å². The van der Waals surface area contributed by atoms with E-state index in [1.54, 1.807) is 0 Å². The van der Waals surface area contributed by atoms with Crippen molar-refractivity contribution in [1.82, 2.24) is 9.80 Å². The lowest BCUT2D eigenvalue weighted by atomic mass is 9.79. The second-order valence-electron chi connectivity index (χ2n) is 10.9. The van der Waals surface area contributed by atoms with E-state index in [1.165, 1.54) is 11.1 Å². The number of hydrogen-bond donors (Lipinski definition) is 2. The third kappa shape index (κ3) is 4.87. The monoisotopic (exact) mass is 461 g/mol. The van der Waals surface area contributed by atoms with Gasteiger partial charge in [0.2, 0.25) is 0 Å². The highest BCUT2D eigenvalue weighted by atomic mass is 16.3. The number of nitrogens with zero attached hydrogens (tertiary/aromatic N) is 2. The maximum Gasteiger partial charge on any atom is 0.254 e. The summed E-state index contributed by atoms with van der Waals surface area (Å²) in [4.78, 5) is 18.4. The van der Waals surface area contributed by atoms with Gasteiger partial charge in [-0.05, 0) is 106 Å². The van der Waals surface area contributed by atoms with Gasteiger partial charge in [-0.2, -0.15) is 0 Å². The van der Waals surface area contributed by atoms with Crippen LogP contribution >= 0.6 is 0 Å². The number of aryl methyl sites for hydroxylation is 1. The Morgan fingerprint density at radius 3 is 2.71 bits per heavy atom. The smallest absolute Gasteiger partial charge is 0.254 e. The van der Waals surface area contributed by atoms with Crippen LogP contribution in [0.15, 0.2) is 48.5 Å². The molecule has 2 aromatic carbocycles. The second-order valence-corrected chi connectivity index (χ2v) is 10.9. The van der Waals surface area contributed by atoms with Crippen LogP contribution in [0.4, 0.5) is 0 Å². The van der Waals surface area contributed by atoms with Crippen molar-refractivity contribution < 1.29 is 9.90 Å². The quantitative estimate of drug-likeness (QED) is 0.718. The lowest BCUT2D eigenvalue weighted by Gasteiger charge is -2.40. The standard InChI is InChI=1S/C29H39N3O2/c1-20(30)18-31-15-14-27-24-9-5-8-22-17-26(33)12-10-23(22)16-25(31)11-13-28(27)32(19-24)29(34)21-6-3-2-4-7-21/h2-4,6-7,10,12,17,20,24-25,27-28,33H,5,8-9,11,13-16,18-19,30H2,1H3/t20-,24-,25?,27?,28?/m1/s1. The summed E-state index contributed by atoms with van der Waals surface area (Å²) in [5.41, 5.74) is 9.75. The van der Waals surface area contributed by atoms with Crippen molar-refractivity contribution in [2.45, 2.75) is 70.0 Å². The zero-order valence-electron chi connectivity index (χ0n) is 20.4. The van der Waals surface area contributed by atoms with E-state index >= 15 is 0 Å². The van der Waals surface area contributed by atoms with Crippen LogP contribution < -0.4 is 5.73 Å². The molecule has 2 aromatic rings. The maximum absolute atomic E-state index is 13.6. The molecule has 0 aromatic heterocycles. The van der Waals surface area contributed by atoms with Gasteiger partial charge in [0.15, 0.2) is 0 Å². The first-order valence-electron chi connectivity index (χ1n) is 13.2. The third-order valence-corrected chi connectivity index (χ3v) is 8.46. The molecule has 3 heterocycles. The van der Waals surface area contributed by atoms with E-state index in [-0.39, 0.29) is 11.9 Å². The number of hydrogen-bond acceptors (Lipinski definition) is 4. The summed E-state index contributed by atoms with van der Waals surface area (Å²) in [5, 5.41) is 10.2. The summed E-state index contributed by atoms with van der Waals surface area (Å²) in [6.45, 7) is 4.93. The zero-order chi connectivity index (χ0) is 23.7. The molecule has 0 saturated carbocycles. The lowest BCUT2D eigenvalue weighted by Crippen LogP contribution is -2.48. The predicted octanol–water partition coefficient (Wildman–Crippen LogP) is 4.23. The minimum atomic E-state index is 0.139. The molecule has 3 aliphatic heterocycles. The number of amides is 1. The Morgan fingerprint density at radius 2 is 1.91 bits per heavy atom. The van der Waals surface area contributed by atoms with Crippen molar-refractivity contribution >= 4 is 5.91 Å². The van der Waals surface area contributed by atoms with E-state index in [9.17, 15) is 9.90 Å². The van der Waals surface area contributed by atoms with E-state index in [0.717, 1.165) is 70.1 Å². The Kier molecular flexibility index (Phi) is 6.94. The lowest BCUT2D eigenvalue weighted by molar-refractivity contribution is 0.0653. The van der Waals surface area contributed by atoms with Gasteiger partial charge in [-0.25, -0.2) is 0 Å². The summed E-state index contributed by atoms with van der Waals surface area (Å²) >= 11 is 0. The molecule has 182 valence electrons. The molecule has 4 bridgehead atoms. The summed E-state index contributed by atoms with van der Waals surface area (Å²) in [5.74, 6) is 1.64. The molecule has 5 nitrogen and oxygen atoms in total. The average molecular weight is 462 g/mol. The van der Waals surface area contributed by atoms with Crippen LogP contribution in [0.5, 0.6) is 5.75 Å². The van der Waals surface area contributed by atoms with Crippen molar-refractivity contribution in [3.05, 3.63) is 65.2 Å². The van der Waals surface area contributed by atoms with Crippen LogP contribution in [0.25, 0.3) is 0 Å². The van der Waals surface area contributed by atoms with Crippen molar-refractivity contribution in [2.24, 2.45) is 17.6 Å². The SMILES string of the molecule is C[C@@H](N)CN1CCC2C3CCC1Cc1ccc(O)cc1CCC[C@@H]2CN3C(=O)c1ccccc1. The first-order valence-corrected chi connectivity index (χ1v) is 13.2. The summed E-state index contributed by atoms with van der Waals surface area (Å²) in [6.07, 6.45) is 7.46. The van der Waals surface area contributed by atoms with E-state index in [2.05, 4.69) is 22.8 Å². The van der Waals surface area contributed by atoms with Crippen molar-refractivity contribution in [3.63, 3.8) is 0 Å². The normalized spacial score (nSPS) is 28.5. The summed E-state index contributed by atoms with van der Waals surface area (Å²) < 4.78 is 0. The van der Waals surface area contributed by atoms with Crippen LogP contribution in [0, 0.1) is 11.8 Å². The van der Waals surface area contributed by atoms with Crippen molar-refractivity contribution in [1.29, 1.82) is 0 Å². The zero-order valence-corrected chi connectivity index (χ0v) is 20.4. The number of phenols is 1. The molecule has 6 rings (SSSR count). The van der Waals surface area contributed by atoms with Crippen LogP contribution in [-0.4, -0.2) is 58.6 Å². The van der Waals surface area contributed by atoms with Crippen LogP contribution in [-0.2, 0) is 12.8 Å². The fourth-order valence-corrected chi connectivity index (χ4v) is 6.89. The number of rotatable bonds is 3. The first-order chi connectivity index (χ1) is 16.5. The number of carbonyl (C=O) groups is 1.